The van der Waals surface area contributed by atoms with Crippen molar-refractivity contribution < 1.29 is 28.3 Å². The number of benzene rings is 1. The van der Waals surface area contributed by atoms with E-state index in [1.165, 1.54) is 4.90 Å². The summed E-state index contributed by atoms with van der Waals surface area (Å²) in [5.41, 5.74) is 1.32. The van der Waals surface area contributed by atoms with E-state index in [-0.39, 0.29) is 41.7 Å². The molecule has 0 aliphatic carbocycles. The number of amides is 4. The number of imide groups is 2. The minimum Gasteiger partial charge on any atom is -0.456 e. The number of furan rings is 2. The maximum Gasteiger partial charge on any atom is 0.265 e. The largest absolute Gasteiger partial charge is 0.456 e. The van der Waals surface area contributed by atoms with E-state index < -0.39 is 29.7 Å². The molecule has 0 spiro atoms. The average Bonchev–Trinajstić information content (AvgIpc) is 3.45. The van der Waals surface area contributed by atoms with Crippen molar-refractivity contribution in [1.82, 2.24) is 9.80 Å². The Morgan fingerprint density at radius 2 is 1.44 bits per heavy atom. The highest BCUT2D eigenvalue weighted by atomic mass is 16.5. The third kappa shape index (κ3) is 1.63. The lowest BCUT2D eigenvalue weighted by Crippen LogP contribution is -2.48. The van der Waals surface area contributed by atoms with Crippen LogP contribution in [0, 0.1) is 11.8 Å². The van der Waals surface area contributed by atoms with Crippen molar-refractivity contribution in [3.8, 4) is 0 Å². The van der Waals surface area contributed by atoms with Gasteiger partial charge in [0.1, 0.15) is 11.2 Å². The van der Waals surface area contributed by atoms with Gasteiger partial charge in [-0.05, 0) is 19.1 Å². The number of hydrogen-bond acceptors (Lipinski definition) is 6. The molecule has 8 heteroatoms. The number of fused-ring (bicyclic) bond motifs is 10. The summed E-state index contributed by atoms with van der Waals surface area (Å²) in [6.45, 7) is 1.65. The Bertz CT molecular complexity index is 1010. The van der Waals surface area contributed by atoms with Gasteiger partial charge in [-0.3, -0.25) is 29.0 Å². The van der Waals surface area contributed by atoms with Crippen molar-refractivity contribution in [2.75, 3.05) is 6.54 Å². The van der Waals surface area contributed by atoms with Gasteiger partial charge in [0, 0.05) is 0 Å². The Balaban J connectivity index is 1.27. The Kier molecular flexibility index (Phi) is 2.59. The van der Waals surface area contributed by atoms with Gasteiger partial charge in [-0.15, -0.1) is 0 Å². The molecular formula is C19H14N2O6. The van der Waals surface area contributed by atoms with E-state index in [1.54, 1.807) is 19.1 Å². The van der Waals surface area contributed by atoms with Gasteiger partial charge in [-0.1, -0.05) is 12.2 Å². The first kappa shape index (κ1) is 15.1. The average molecular weight is 366 g/mol. The van der Waals surface area contributed by atoms with Crippen LogP contribution in [0.15, 0.2) is 28.7 Å². The highest BCUT2D eigenvalue weighted by Crippen LogP contribution is 2.45. The maximum absolute atomic E-state index is 12.8. The molecule has 0 aromatic carbocycles. The quantitative estimate of drug-likeness (QED) is 0.589. The monoisotopic (exact) mass is 366 g/mol. The van der Waals surface area contributed by atoms with Crippen LogP contribution in [-0.2, 0) is 14.3 Å². The van der Waals surface area contributed by atoms with Crippen molar-refractivity contribution in [2.45, 2.75) is 25.2 Å². The first-order valence-electron chi connectivity index (χ1n) is 8.89. The summed E-state index contributed by atoms with van der Waals surface area (Å²) < 4.78 is 11.0. The van der Waals surface area contributed by atoms with Crippen LogP contribution in [0.2, 0.25) is 0 Å². The van der Waals surface area contributed by atoms with Crippen LogP contribution >= 0.6 is 0 Å². The minimum atomic E-state index is -0.607. The van der Waals surface area contributed by atoms with Crippen molar-refractivity contribution in [3.63, 3.8) is 0 Å². The number of hydrogen-bond donors (Lipinski definition) is 0. The van der Waals surface area contributed by atoms with Gasteiger partial charge in [0.2, 0.25) is 11.8 Å². The summed E-state index contributed by atoms with van der Waals surface area (Å²) in [6, 6.07) is 2.71. The SMILES string of the molecule is CC(CN1C(=O)c2c(c3ccc2o3)C1=O)N1C(=O)C2C3C=CC(O3)C2C1=O. The van der Waals surface area contributed by atoms with Crippen LogP contribution in [-0.4, -0.2) is 58.2 Å². The molecule has 0 N–H and O–H groups in total. The van der Waals surface area contributed by atoms with Crippen molar-refractivity contribution in [3.05, 3.63) is 35.4 Å². The van der Waals surface area contributed by atoms with Gasteiger partial charge in [-0.25, -0.2) is 0 Å². The third-order valence-electron chi connectivity index (χ3n) is 6.10. The summed E-state index contributed by atoms with van der Waals surface area (Å²) in [5.74, 6) is -2.46. The molecule has 136 valence electrons. The molecule has 4 bridgehead atoms. The number of carbonyl (C=O) groups excluding carboxylic acids is 4. The van der Waals surface area contributed by atoms with E-state index in [9.17, 15) is 19.2 Å². The molecule has 4 aliphatic rings. The zero-order valence-electron chi connectivity index (χ0n) is 14.2. The summed E-state index contributed by atoms with van der Waals surface area (Å²) in [6.07, 6.45) is 2.93. The molecule has 5 unspecified atom stereocenters. The van der Waals surface area contributed by atoms with Crippen molar-refractivity contribution >= 4 is 34.8 Å². The highest BCUT2D eigenvalue weighted by Gasteiger charge is 2.61. The van der Waals surface area contributed by atoms with E-state index in [0.717, 1.165) is 4.90 Å². The number of likely N-dealkylation sites (tertiary alicyclic amines) is 1. The lowest BCUT2D eigenvalue weighted by atomic mass is 9.85. The van der Waals surface area contributed by atoms with Crippen molar-refractivity contribution in [2.24, 2.45) is 11.8 Å². The number of ether oxygens (including phenoxy) is 1. The Morgan fingerprint density at radius 1 is 0.926 bits per heavy atom. The topological polar surface area (TPSA) is 97.1 Å². The summed E-state index contributed by atoms with van der Waals surface area (Å²) in [5, 5.41) is 0. The molecule has 0 radical (unpaired) electrons. The molecule has 5 atom stereocenters. The van der Waals surface area contributed by atoms with E-state index in [4.69, 9.17) is 9.15 Å². The Labute approximate surface area is 152 Å². The van der Waals surface area contributed by atoms with E-state index in [1.807, 2.05) is 12.2 Å². The smallest absolute Gasteiger partial charge is 0.265 e. The Morgan fingerprint density at radius 3 is 1.96 bits per heavy atom. The van der Waals surface area contributed by atoms with Gasteiger partial charge in [0.15, 0.2) is 0 Å². The molecule has 6 rings (SSSR count). The first-order chi connectivity index (χ1) is 13.0. The zero-order valence-corrected chi connectivity index (χ0v) is 14.2. The molecule has 6 heterocycles. The lowest BCUT2D eigenvalue weighted by molar-refractivity contribution is -0.145. The van der Waals surface area contributed by atoms with Crippen LogP contribution in [0.4, 0.5) is 0 Å². The molecule has 2 aromatic heterocycles. The normalized spacial score (nSPS) is 32.5. The predicted molar refractivity (Wildman–Crippen MR) is 88.9 cm³/mol. The molecule has 2 aromatic rings. The number of rotatable bonds is 3. The zero-order chi connectivity index (χ0) is 18.6. The molecule has 2 saturated heterocycles. The third-order valence-corrected chi connectivity index (χ3v) is 6.10. The van der Waals surface area contributed by atoms with E-state index in [2.05, 4.69) is 0 Å². The fraction of sp³-hybridized carbons (Fsp3) is 0.368. The van der Waals surface area contributed by atoms with E-state index >= 15 is 0 Å². The Hall–Kier alpha value is -3.00. The summed E-state index contributed by atoms with van der Waals surface area (Å²) in [7, 11) is 0. The van der Waals surface area contributed by atoms with Crippen molar-refractivity contribution in [1.29, 1.82) is 0 Å². The molecule has 27 heavy (non-hydrogen) atoms. The fourth-order valence-corrected chi connectivity index (χ4v) is 4.91. The molecular weight excluding hydrogens is 352 g/mol. The van der Waals surface area contributed by atoms with Gasteiger partial charge >= 0.3 is 0 Å². The van der Waals surface area contributed by atoms with Crippen LogP contribution in [0.1, 0.15) is 27.6 Å². The fourth-order valence-electron chi connectivity index (χ4n) is 4.91. The molecule has 0 saturated carbocycles. The summed E-state index contributed by atoms with van der Waals surface area (Å²) >= 11 is 0. The second kappa shape index (κ2) is 4.64. The second-order valence-corrected chi connectivity index (χ2v) is 7.53. The highest BCUT2D eigenvalue weighted by molar-refractivity contribution is 6.27. The molecule has 2 fully saturated rings. The van der Waals surface area contributed by atoms with Gasteiger partial charge in [0.25, 0.3) is 11.8 Å². The minimum absolute atomic E-state index is 0.0359. The van der Waals surface area contributed by atoms with Crippen LogP contribution < -0.4 is 0 Å². The standard InChI is InChI=1S/C19H14N2O6/c1-7(21-18(24)14-10-4-5-11(27-10)15(14)19(21)25)6-20-16(22)12-8-2-3-9(26-8)13(12)17(20)23/h2-5,7,10-11,14-15H,6H2,1H3. The van der Waals surface area contributed by atoms with Gasteiger partial charge in [0.05, 0.1) is 47.8 Å². The van der Waals surface area contributed by atoms with Gasteiger partial charge in [-0.2, -0.15) is 0 Å². The molecule has 4 aliphatic heterocycles. The second-order valence-electron chi connectivity index (χ2n) is 7.53. The lowest BCUT2D eigenvalue weighted by Gasteiger charge is -2.27. The molecule has 8 nitrogen and oxygen atoms in total. The van der Waals surface area contributed by atoms with Crippen LogP contribution in [0.25, 0.3) is 11.2 Å². The van der Waals surface area contributed by atoms with Crippen LogP contribution in [0.3, 0.4) is 0 Å². The maximum atomic E-state index is 12.8. The van der Waals surface area contributed by atoms with Gasteiger partial charge < -0.3 is 9.15 Å². The number of carbonyl (C=O) groups is 4. The van der Waals surface area contributed by atoms with E-state index in [0.29, 0.717) is 11.2 Å². The predicted octanol–water partition coefficient (Wildman–Crippen LogP) is 0.794. The summed E-state index contributed by atoms with van der Waals surface area (Å²) in [4.78, 5) is 53.3. The number of nitrogens with zero attached hydrogens (tertiary/aromatic N) is 2. The first-order valence-corrected chi connectivity index (χ1v) is 8.89. The van der Waals surface area contributed by atoms with Crippen LogP contribution in [0.5, 0.6) is 0 Å². The molecule has 4 amide bonds.